The van der Waals surface area contributed by atoms with Gasteiger partial charge >= 0.3 is 6.61 Å². The van der Waals surface area contributed by atoms with Gasteiger partial charge in [-0.3, -0.25) is 14.9 Å². The lowest BCUT2D eigenvalue weighted by atomic mass is 10.1. The predicted octanol–water partition coefficient (Wildman–Crippen LogP) is 3.22. The molecule has 6 nitrogen and oxygen atoms in total. The van der Waals surface area contributed by atoms with E-state index in [2.05, 4.69) is 21.1 Å². The van der Waals surface area contributed by atoms with Gasteiger partial charge in [0.1, 0.15) is 16.8 Å². The number of hydrogen-bond donors (Lipinski definition) is 1. The maximum atomic E-state index is 12.1. The van der Waals surface area contributed by atoms with Crippen LogP contribution in [0.5, 0.6) is 5.75 Å². The van der Waals surface area contributed by atoms with Crippen molar-refractivity contribution in [2.75, 3.05) is 5.75 Å². The van der Waals surface area contributed by atoms with Crippen molar-refractivity contribution in [1.29, 1.82) is 5.26 Å². The first-order chi connectivity index (χ1) is 12.8. The minimum atomic E-state index is -2.96. The number of aromatic nitrogens is 1. The highest BCUT2D eigenvalue weighted by molar-refractivity contribution is 8.00. The molecule has 0 aliphatic carbocycles. The summed E-state index contributed by atoms with van der Waals surface area (Å²) in [5.74, 6) is -1.43. The summed E-state index contributed by atoms with van der Waals surface area (Å²) in [5, 5.41) is 11.8. The van der Waals surface area contributed by atoms with Gasteiger partial charge in [0, 0.05) is 11.3 Å². The molecule has 0 fully saturated rings. The number of aryl methyl sites for hydroxylation is 2. The normalized spacial score (nSPS) is 10.4. The Bertz CT molecular complexity index is 896. The Kier molecular flexibility index (Phi) is 6.85. The second kappa shape index (κ2) is 9.09. The number of nitrogens with one attached hydrogen (secondary N) is 1. The zero-order chi connectivity index (χ0) is 20.0. The third-order valence-corrected chi connectivity index (χ3v) is 4.33. The number of imide groups is 1. The van der Waals surface area contributed by atoms with Crippen molar-refractivity contribution >= 4 is 23.6 Å². The van der Waals surface area contributed by atoms with Crippen LogP contribution in [0.2, 0.25) is 0 Å². The lowest BCUT2D eigenvalue weighted by Crippen LogP contribution is -2.31. The summed E-state index contributed by atoms with van der Waals surface area (Å²) in [6.45, 7) is 0.603. The predicted molar refractivity (Wildman–Crippen MR) is 94.7 cm³/mol. The van der Waals surface area contributed by atoms with E-state index in [1.807, 2.05) is 0 Å². The van der Waals surface area contributed by atoms with Crippen molar-refractivity contribution in [2.24, 2.45) is 0 Å². The summed E-state index contributed by atoms with van der Waals surface area (Å²) in [6, 6.07) is 8.78. The molecule has 140 valence electrons. The van der Waals surface area contributed by atoms with Gasteiger partial charge in [-0.2, -0.15) is 14.0 Å². The fourth-order valence-electron chi connectivity index (χ4n) is 2.20. The molecule has 1 heterocycles. The Morgan fingerprint density at radius 1 is 1.30 bits per heavy atom. The molecule has 1 aromatic carbocycles. The summed E-state index contributed by atoms with van der Waals surface area (Å²) >= 11 is 1.05. The number of amides is 2. The first-order valence-corrected chi connectivity index (χ1v) is 8.69. The average molecular weight is 391 g/mol. The van der Waals surface area contributed by atoms with E-state index in [1.54, 1.807) is 19.9 Å². The van der Waals surface area contributed by atoms with Gasteiger partial charge in [-0.05, 0) is 49.7 Å². The highest BCUT2D eigenvalue weighted by atomic mass is 32.2. The van der Waals surface area contributed by atoms with E-state index in [1.165, 1.54) is 24.3 Å². The number of nitriles is 1. The van der Waals surface area contributed by atoms with Crippen LogP contribution in [0, 0.1) is 25.2 Å². The van der Waals surface area contributed by atoms with Crippen LogP contribution in [0.1, 0.15) is 27.2 Å². The van der Waals surface area contributed by atoms with Crippen LogP contribution >= 0.6 is 11.8 Å². The molecule has 0 spiro atoms. The number of rotatable bonds is 6. The summed E-state index contributed by atoms with van der Waals surface area (Å²) in [5.41, 5.74) is 1.99. The van der Waals surface area contributed by atoms with Crippen LogP contribution in [-0.2, 0) is 4.79 Å². The van der Waals surface area contributed by atoms with Gasteiger partial charge in [-0.25, -0.2) is 4.98 Å². The molecule has 2 aromatic rings. The molecule has 0 bridgehead atoms. The lowest BCUT2D eigenvalue weighted by molar-refractivity contribution is -0.117. The topological polar surface area (TPSA) is 92.1 Å². The van der Waals surface area contributed by atoms with E-state index in [0.717, 1.165) is 23.0 Å². The van der Waals surface area contributed by atoms with E-state index in [9.17, 15) is 23.6 Å². The van der Waals surface area contributed by atoms with Crippen LogP contribution in [0.3, 0.4) is 0 Å². The standard InChI is InChI=1S/C18H15F2N3O3S/c1-10-7-11(2)22-17(14(10)8-21)27-9-15(24)23-16(25)12-3-5-13(6-4-12)26-18(19)20/h3-7,18H,9H2,1-2H3,(H,23,24,25). The molecule has 2 amide bonds. The van der Waals surface area contributed by atoms with Crippen LogP contribution in [0.4, 0.5) is 8.78 Å². The number of alkyl halides is 2. The van der Waals surface area contributed by atoms with Crippen molar-refractivity contribution in [2.45, 2.75) is 25.5 Å². The molecule has 2 rings (SSSR count). The zero-order valence-corrected chi connectivity index (χ0v) is 15.3. The number of nitrogens with zero attached hydrogens (tertiary/aromatic N) is 2. The van der Waals surface area contributed by atoms with Crippen LogP contribution in [-0.4, -0.2) is 29.2 Å². The molecule has 1 N–H and O–H groups in total. The molecule has 27 heavy (non-hydrogen) atoms. The van der Waals surface area contributed by atoms with Gasteiger partial charge in [0.15, 0.2) is 0 Å². The first-order valence-electron chi connectivity index (χ1n) is 7.70. The average Bonchev–Trinajstić information content (AvgIpc) is 2.59. The molecule has 9 heteroatoms. The summed E-state index contributed by atoms with van der Waals surface area (Å²) in [6.07, 6.45) is 0. The summed E-state index contributed by atoms with van der Waals surface area (Å²) in [7, 11) is 0. The fourth-order valence-corrected chi connectivity index (χ4v) is 3.10. The lowest BCUT2D eigenvalue weighted by Gasteiger charge is -2.08. The van der Waals surface area contributed by atoms with E-state index >= 15 is 0 Å². The van der Waals surface area contributed by atoms with E-state index in [4.69, 9.17) is 0 Å². The van der Waals surface area contributed by atoms with Gasteiger partial charge in [-0.15, -0.1) is 0 Å². The number of benzene rings is 1. The number of hydrogen-bond acceptors (Lipinski definition) is 6. The minimum Gasteiger partial charge on any atom is -0.435 e. The number of carbonyl (C=O) groups excluding carboxylic acids is 2. The molecule has 0 radical (unpaired) electrons. The number of thioether (sulfide) groups is 1. The molecular weight excluding hydrogens is 376 g/mol. The van der Waals surface area contributed by atoms with Crippen molar-refractivity contribution in [1.82, 2.24) is 10.3 Å². The van der Waals surface area contributed by atoms with Crippen LogP contribution in [0.15, 0.2) is 35.4 Å². The molecule has 0 unspecified atom stereocenters. The smallest absolute Gasteiger partial charge is 0.387 e. The third kappa shape index (κ3) is 5.76. The molecule has 0 aliphatic rings. The van der Waals surface area contributed by atoms with Crippen molar-refractivity contribution < 1.29 is 23.1 Å². The number of halogens is 2. The molecule has 0 saturated carbocycles. The van der Waals surface area contributed by atoms with Crippen LogP contribution in [0.25, 0.3) is 0 Å². The van der Waals surface area contributed by atoms with Crippen molar-refractivity contribution in [3.05, 3.63) is 52.7 Å². The Hall–Kier alpha value is -2.99. The SMILES string of the molecule is Cc1cc(C)c(C#N)c(SCC(=O)NC(=O)c2ccc(OC(F)F)cc2)n1. The summed E-state index contributed by atoms with van der Waals surface area (Å²) < 4.78 is 28.4. The maximum absolute atomic E-state index is 12.1. The third-order valence-electron chi connectivity index (χ3n) is 3.36. The molecule has 0 saturated heterocycles. The highest BCUT2D eigenvalue weighted by Crippen LogP contribution is 2.23. The molecular formula is C18H15F2N3O3S. The second-order valence-electron chi connectivity index (χ2n) is 5.44. The molecule has 0 aliphatic heterocycles. The van der Waals surface area contributed by atoms with Crippen molar-refractivity contribution in [3.8, 4) is 11.8 Å². The van der Waals surface area contributed by atoms with E-state index in [-0.39, 0.29) is 17.1 Å². The Morgan fingerprint density at radius 3 is 2.56 bits per heavy atom. The largest absolute Gasteiger partial charge is 0.435 e. The highest BCUT2D eigenvalue weighted by Gasteiger charge is 2.14. The monoisotopic (exact) mass is 391 g/mol. The summed E-state index contributed by atoms with van der Waals surface area (Å²) in [4.78, 5) is 28.3. The van der Waals surface area contributed by atoms with E-state index < -0.39 is 18.4 Å². The van der Waals surface area contributed by atoms with Gasteiger partial charge in [0.25, 0.3) is 5.91 Å². The minimum absolute atomic E-state index is 0.0895. The quantitative estimate of drug-likeness (QED) is 0.760. The first kappa shape index (κ1) is 20.3. The number of carbonyl (C=O) groups is 2. The van der Waals surface area contributed by atoms with Crippen LogP contribution < -0.4 is 10.1 Å². The Morgan fingerprint density at radius 2 is 1.96 bits per heavy atom. The Balaban J connectivity index is 1.96. The molecule has 1 aromatic heterocycles. The number of pyridine rings is 1. The number of ether oxygens (including phenoxy) is 1. The zero-order valence-electron chi connectivity index (χ0n) is 14.5. The second-order valence-corrected chi connectivity index (χ2v) is 6.41. The van der Waals surface area contributed by atoms with Gasteiger partial charge in [0.2, 0.25) is 5.91 Å². The maximum Gasteiger partial charge on any atom is 0.387 e. The van der Waals surface area contributed by atoms with Gasteiger partial charge in [-0.1, -0.05) is 11.8 Å². The molecule has 0 atom stereocenters. The van der Waals surface area contributed by atoms with Gasteiger partial charge in [0.05, 0.1) is 11.3 Å². The van der Waals surface area contributed by atoms with Crippen molar-refractivity contribution in [3.63, 3.8) is 0 Å². The fraction of sp³-hybridized carbons (Fsp3) is 0.222. The van der Waals surface area contributed by atoms with Gasteiger partial charge < -0.3 is 4.74 Å². The van der Waals surface area contributed by atoms with E-state index in [0.29, 0.717) is 10.6 Å². The Labute approximate surface area is 158 Å².